The van der Waals surface area contributed by atoms with Crippen LogP contribution in [0.25, 0.3) is 0 Å². The molecular weight excluding hydrogens is 280 g/mol. The fourth-order valence-corrected chi connectivity index (χ4v) is 2.73. The lowest BCUT2D eigenvalue weighted by atomic mass is 10.0. The molecule has 0 aliphatic carbocycles. The van der Waals surface area contributed by atoms with Crippen molar-refractivity contribution in [3.05, 3.63) is 53.6 Å². The molecule has 22 heavy (non-hydrogen) atoms. The van der Waals surface area contributed by atoms with Crippen molar-refractivity contribution in [2.75, 3.05) is 18.6 Å². The maximum Gasteiger partial charge on any atom is 0.255 e. The van der Waals surface area contributed by atoms with Crippen LogP contribution in [0.3, 0.4) is 0 Å². The van der Waals surface area contributed by atoms with Gasteiger partial charge in [0.2, 0.25) is 0 Å². The van der Waals surface area contributed by atoms with Crippen molar-refractivity contribution in [3.8, 4) is 11.5 Å². The van der Waals surface area contributed by atoms with E-state index >= 15 is 0 Å². The largest absolute Gasteiger partial charge is 0.504 e. The zero-order chi connectivity index (χ0) is 15.7. The van der Waals surface area contributed by atoms with Crippen LogP contribution in [0, 0.1) is 0 Å². The van der Waals surface area contributed by atoms with Crippen molar-refractivity contribution < 1.29 is 14.6 Å². The number of amides is 1. The average molecular weight is 298 g/mol. The van der Waals surface area contributed by atoms with E-state index in [0.717, 1.165) is 5.69 Å². The van der Waals surface area contributed by atoms with Crippen LogP contribution >= 0.6 is 0 Å². The topological polar surface area (TPSA) is 61.8 Å². The summed E-state index contributed by atoms with van der Waals surface area (Å²) in [5, 5.41) is 13.3. The van der Waals surface area contributed by atoms with Crippen molar-refractivity contribution in [3.63, 3.8) is 0 Å². The molecule has 1 heterocycles. The van der Waals surface area contributed by atoms with Gasteiger partial charge >= 0.3 is 0 Å². The first-order valence-corrected chi connectivity index (χ1v) is 7.21. The Labute approximate surface area is 129 Å². The van der Waals surface area contributed by atoms with Crippen LogP contribution in [0.15, 0.2) is 42.5 Å². The Morgan fingerprint density at radius 3 is 2.77 bits per heavy atom. The van der Waals surface area contributed by atoms with Crippen LogP contribution < -0.4 is 15.0 Å². The summed E-state index contributed by atoms with van der Waals surface area (Å²) in [5.41, 5.74) is 2.07. The van der Waals surface area contributed by atoms with Gasteiger partial charge in [-0.1, -0.05) is 24.3 Å². The monoisotopic (exact) mass is 298 g/mol. The predicted octanol–water partition coefficient (Wildman–Crippen LogP) is 2.67. The average Bonchev–Trinajstić information content (AvgIpc) is 2.53. The maximum absolute atomic E-state index is 12.3. The molecule has 2 aromatic rings. The summed E-state index contributed by atoms with van der Waals surface area (Å²) in [6.07, 6.45) is -0.442. The highest BCUT2D eigenvalue weighted by atomic mass is 16.5. The highest BCUT2D eigenvalue weighted by molar-refractivity contribution is 6.02. The minimum absolute atomic E-state index is 0.0564. The zero-order valence-corrected chi connectivity index (χ0v) is 12.5. The van der Waals surface area contributed by atoms with Gasteiger partial charge in [-0.15, -0.1) is 0 Å². The van der Waals surface area contributed by atoms with Gasteiger partial charge in [-0.25, -0.2) is 0 Å². The Morgan fingerprint density at radius 1 is 1.23 bits per heavy atom. The van der Waals surface area contributed by atoms with Gasteiger partial charge in [0.1, 0.15) is 6.17 Å². The van der Waals surface area contributed by atoms with Crippen molar-refractivity contribution >= 4 is 11.6 Å². The first-order valence-electron chi connectivity index (χ1n) is 7.21. The molecule has 0 radical (unpaired) electrons. The number of carbonyl (C=O) groups excluding carboxylic acids is 1. The molecule has 1 aliphatic heterocycles. The van der Waals surface area contributed by atoms with Gasteiger partial charge in [0, 0.05) is 12.6 Å². The van der Waals surface area contributed by atoms with Crippen LogP contribution in [0.1, 0.15) is 29.0 Å². The van der Waals surface area contributed by atoms with Crippen LogP contribution in [0.2, 0.25) is 0 Å². The SMILES string of the molecule is CCOc1cccc([C@H]2NC(=O)c3ccccc3N2C)c1O. The van der Waals surface area contributed by atoms with E-state index in [1.165, 1.54) is 0 Å². The summed E-state index contributed by atoms with van der Waals surface area (Å²) in [6.45, 7) is 2.32. The summed E-state index contributed by atoms with van der Waals surface area (Å²) < 4.78 is 5.42. The number of phenolic OH excluding ortho intramolecular Hbond substituents is 1. The molecule has 1 amide bonds. The number of phenols is 1. The number of rotatable bonds is 3. The van der Waals surface area contributed by atoms with E-state index < -0.39 is 6.17 Å². The molecule has 0 unspecified atom stereocenters. The molecule has 0 bridgehead atoms. The Balaban J connectivity index is 2.04. The maximum atomic E-state index is 12.3. The Morgan fingerprint density at radius 2 is 2.00 bits per heavy atom. The third-order valence-corrected chi connectivity index (χ3v) is 3.81. The second-order valence-corrected chi connectivity index (χ2v) is 5.13. The number of anilines is 1. The quantitative estimate of drug-likeness (QED) is 0.914. The van der Waals surface area contributed by atoms with Gasteiger partial charge in [0.15, 0.2) is 11.5 Å². The third-order valence-electron chi connectivity index (χ3n) is 3.81. The number of aromatic hydroxyl groups is 1. The van der Waals surface area contributed by atoms with Crippen LogP contribution in [-0.4, -0.2) is 24.7 Å². The summed E-state index contributed by atoms with van der Waals surface area (Å²) in [7, 11) is 1.88. The molecule has 1 aliphatic rings. The molecule has 114 valence electrons. The van der Waals surface area contributed by atoms with E-state index in [1.54, 1.807) is 24.3 Å². The standard InChI is InChI=1S/C17H18N2O3/c1-3-22-14-10-6-8-12(15(14)20)16-18-17(21)11-7-4-5-9-13(11)19(16)2/h4-10,16,20H,3H2,1-2H3,(H,18,21)/t16-/m0/s1. The number of carbonyl (C=O) groups is 1. The number of benzene rings is 2. The molecule has 2 aromatic carbocycles. The van der Waals surface area contributed by atoms with Crippen LogP contribution in [-0.2, 0) is 0 Å². The molecule has 0 saturated carbocycles. The summed E-state index contributed by atoms with van der Waals surface area (Å²) in [5.74, 6) is 0.322. The van der Waals surface area contributed by atoms with Gasteiger partial charge in [-0.05, 0) is 25.1 Å². The number of hydrogen-bond donors (Lipinski definition) is 2. The fourth-order valence-electron chi connectivity index (χ4n) is 2.73. The molecule has 0 fully saturated rings. The van der Waals surface area contributed by atoms with E-state index in [1.807, 2.05) is 37.1 Å². The van der Waals surface area contributed by atoms with Crippen molar-refractivity contribution in [2.45, 2.75) is 13.1 Å². The second-order valence-electron chi connectivity index (χ2n) is 5.13. The van der Waals surface area contributed by atoms with Crippen LogP contribution in [0.5, 0.6) is 11.5 Å². The number of hydrogen-bond acceptors (Lipinski definition) is 4. The summed E-state index contributed by atoms with van der Waals surface area (Å²) in [6, 6.07) is 12.7. The molecule has 3 rings (SSSR count). The van der Waals surface area contributed by atoms with E-state index in [-0.39, 0.29) is 11.7 Å². The van der Waals surface area contributed by atoms with Gasteiger partial charge in [0.05, 0.1) is 17.9 Å². The van der Waals surface area contributed by atoms with Gasteiger partial charge in [0.25, 0.3) is 5.91 Å². The molecule has 0 aromatic heterocycles. The summed E-state index contributed by atoms with van der Waals surface area (Å²) >= 11 is 0. The Kier molecular flexibility index (Phi) is 3.63. The lowest BCUT2D eigenvalue weighted by Crippen LogP contribution is -2.44. The van der Waals surface area contributed by atoms with Crippen LogP contribution in [0.4, 0.5) is 5.69 Å². The van der Waals surface area contributed by atoms with Gasteiger partial charge < -0.3 is 20.1 Å². The molecule has 5 heteroatoms. The van der Waals surface area contributed by atoms with E-state index in [2.05, 4.69) is 5.32 Å². The number of nitrogens with zero attached hydrogens (tertiary/aromatic N) is 1. The molecule has 0 saturated heterocycles. The van der Waals surface area contributed by atoms with Gasteiger partial charge in [-0.2, -0.15) is 0 Å². The molecule has 1 atom stereocenters. The number of ether oxygens (including phenoxy) is 1. The minimum atomic E-state index is -0.442. The first kappa shape index (κ1) is 14.3. The number of fused-ring (bicyclic) bond motifs is 1. The lowest BCUT2D eigenvalue weighted by molar-refractivity contribution is 0.0927. The third kappa shape index (κ3) is 2.24. The van der Waals surface area contributed by atoms with Crippen molar-refractivity contribution in [1.29, 1.82) is 0 Å². The smallest absolute Gasteiger partial charge is 0.255 e. The highest BCUT2D eigenvalue weighted by Gasteiger charge is 2.31. The molecule has 0 spiro atoms. The highest BCUT2D eigenvalue weighted by Crippen LogP contribution is 2.38. The van der Waals surface area contributed by atoms with Gasteiger partial charge in [-0.3, -0.25) is 4.79 Å². The van der Waals surface area contributed by atoms with E-state index in [0.29, 0.717) is 23.5 Å². The molecular formula is C17H18N2O3. The van der Waals surface area contributed by atoms with Crippen molar-refractivity contribution in [1.82, 2.24) is 5.32 Å². The normalized spacial score (nSPS) is 16.9. The molecule has 2 N–H and O–H groups in total. The number of para-hydroxylation sites is 2. The lowest BCUT2D eigenvalue weighted by Gasteiger charge is -2.36. The van der Waals surface area contributed by atoms with E-state index in [4.69, 9.17) is 4.74 Å². The van der Waals surface area contributed by atoms with E-state index in [9.17, 15) is 9.90 Å². The van der Waals surface area contributed by atoms with Crippen molar-refractivity contribution in [2.24, 2.45) is 0 Å². The number of nitrogens with one attached hydrogen (secondary N) is 1. The fraction of sp³-hybridized carbons (Fsp3) is 0.235. The first-order chi connectivity index (χ1) is 10.6. The Hall–Kier alpha value is -2.69. The summed E-state index contributed by atoms with van der Waals surface area (Å²) in [4.78, 5) is 14.2. The zero-order valence-electron chi connectivity index (χ0n) is 12.5. The second kappa shape index (κ2) is 5.60. The Bertz CT molecular complexity index is 715. The predicted molar refractivity (Wildman–Crippen MR) is 84.3 cm³/mol. The minimum Gasteiger partial charge on any atom is -0.504 e. The molecule has 5 nitrogen and oxygen atoms in total.